The van der Waals surface area contributed by atoms with Crippen molar-refractivity contribution >= 4 is 5.78 Å². The van der Waals surface area contributed by atoms with Gasteiger partial charge in [0.25, 0.3) is 0 Å². The molecule has 0 atom stereocenters. The van der Waals surface area contributed by atoms with E-state index >= 15 is 0 Å². The molecule has 0 unspecified atom stereocenters. The van der Waals surface area contributed by atoms with Crippen LogP contribution in [0.1, 0.15) is 81.6 Å². The maximum Gasteiger partial charge on any atom is 0.162 e. The highest BCUT2D eigenvalue weighted by Crippen LogP contribution is 2.25. The number of unbranched alkanes of at least 4 members (excludes halogenated alkanes) is 3. The highest BCUT2D eigenvalue weighted by Gasteiger charge is 2.27. The Hall–Kier alpha value is -1.19. The number of aryl methyl sites for hydroxylation is 1. The van der Waals surface area contributed by atoms with Crippen molar-refractivity contribution < 1.29 is 14.3 Å². The quantitative estimate of drug-likeness (QED) is 0.411. The van der Waals surface area contributed by atoms with Crippen LogP contribution in [0, 0.1) is 5.41 Å². The molecule has 140 valence electrons. The minimum Gasteiger partial charge on any atom is -0.352 e. The molecule has 1 fully saturated rings. The second-order valence-electron chi connectivity index (χ2n) is 8.04. The maximum atomic E-state index is 12.3. The van der Waals surface area contributed by atoms with Crippen molar-refractivity contribution in [2.45, 2.75) is 78.4 Å². The van der Waals surface area contributed by atoms with E-state index in [-0.39, 0.29) is 17.5 Å². The first-order valence-electron chi connectivity index (χ1n) is 9.85. The average Bonchev–Trinajstić information content (AvgIpc) is 2.60. The Labute approximate surface area is 153 Å². The average molecular weight is 347 g/mol. The van der Waals surface area contributed by atoms with E-state index in [2.05, 4.69) is 32.9 Å². The second-order valence-corrected chi connectivity index (χ2v) is 8.04. The number of carbonyl (C=O) groups excluding carboxylic acids is 1. The van der Waals surface area contributed by atoms with Gasteiger partial charge in [-0.2, -0.15) is 0 Å². The van der Waals surface area contributed by atoms with Gasteiger partial charge >= 0.3 is 0 Å². The van der Waals surface area contributed by atoms with Gasteiger partial charge in [0.15, 0.2) is 12.1 Å². The molecule has 0 spiro atoms. The summed E-state index contributed by atoms with van der Waals surface area (Å²) in [6, 6.07) is 8.18. The van der Waals surface area contributed by atoms with E-state index in [4.69, 9.17) is 9.47 Å². The molecule has 0 amide bonds. The summed E-state index contributed by atoms with van der Waals surface area (Å²) in [6.45, 7) is 8.02. The van der Waals surface area contributed by atoms with Crippen LogP contribution in [0.15, 0.2) is 24.3 Å². The first-order chi connectivity index (χ1) is 12.0. The molecule has 0 aromatic heterocycles. The van der Waals surface area contributed by atoms with Gasteiger partial charge in [-0.3, -0.25) is 4.79 Å². The number of Topliss-reactive ketones (excluding diaryl/α,β-unsaturated/α-hetero) is 1. The number of hydrogen-bond acceptors (Lipinski definition) is 3. The fraction of sp³-hybridized carbons (Fsp3) is 0.682. The van der Waals surface area contributed by atoms with Gasteiger partial charge in [-0.1, -0.05) is 57.9 Å². The molecule has 0 aliphatic carbocycles. The molecule has 2 rings (SSSR count). The lowest BCUT2D eigenvalue weighted by Crippen LogP contribution is -2.37. The van der Waals surface area contributed by atoms with Gasteiger partial charge in [-0.15, -0.1) is 0 Å². The minimum absolute atomic E-state index is 0.0921. The number of rotatable bonds is 10. The highest BCUT2D eigenvalue weighted by atomic mass is 16.7. The van der Waals surface area contributed by atoms with Crippen LogP contribution in [0.4, 0.5) is 0 Å². The first kappa shape index (κ1) is 20.1. The molecule has 1 aromatic rings. The van der Waals surface area contributed by atoms with Crippen molar-refractivity contribution in [3.63, 3.8) is 0 Å². The molecule has 0 radical (unpaired) electrons. The third-order valence-corrected chi connectivity index (χ3v) is 4.76. The summed E-state index contributed by atoms with van der Waals surface area (Å²) in [5.41, 5.74) is 2.29. The largest absolute Gasteiger partial charge is 0.352 e. The van der Waals surface area contributed by atoms with Crippen LogP contribution in [0.2, 0.25) is 0 Å². The zero-order chi connectivity index (χ0) is 18.1. The molecule has 1 heterocycles. The standard InChI is InChI=1S/C22H34O3/c1-4-5-6-9-18-12-14-19(15-13-18)20(23)10-7-8-11-21-24-16-22(2,3)17-25-21/h12-15,21H,4-11,16-17H2,1-3H3. The molecule has 3 heteroatoms. The lowest BCUT2D eigenvalue weighted by molar-refractivity contribution is -0.224. The Bertz CT molecular complexity index is 509. The Morgan fingerprint density at radius 1 is 1.04 bits per heavy atom. The van der Waals surface area contributed by atoms with E-state index in [0.29, 0.717) is 6.42 Å². The predicted molar refractivity (Wildman–Crippen MR) is 102 cm³/mol. The SMILES string of the molecule is CCCCCc1ccc(C(=O)CCCCC2OCC(C)(C)CO2)cc1. The van der Waals surface area contributed by atoms with E-state index < -0.39 is 0 Å². The smallest absolute Gasteiger partial charge is 0.162 e. The van der Waals surface area contributed by atoms with Gasteiger partial charge in [0, 0.05) is 17.4 Å². The third kappa shape index (κ3) is 7.29. The van der Waals surface area contributed by atoms with Crippen LogP contribution in [0.25, 0.3) is 0 Å². The number of ether oxygens (including phenoxy) is 2. The molecular weight excluding hydrogens is 312 g/mol. The lowest BCUT2D eigenvalue weighted by atomic mass is 9.95. The Morgan fingerprint density at radius 3 is 2.36 bits per heavy atom. The van der Waals surface area contributed by atoms with Crippen molar-refractivity contribution in [2.75, 3.05) is 13.2 Å². The van der Waals surface area contributed by atoms with Crippen LogP contribution in [-0.2, 0) is 15.9 Å². The molecule has 0 N–H and O–H groups in total. The summed E-state index contributed by atoms with van der Waals surface area (Å²) in [5, 5.41) is 0. The Morgan fingerprint density at radius 2 is 1.72 bits per heavy atom. The predicted octanol–water partition coefficient (Wildman–Crippen LogP) is 5.56. The van der Waals surface area contributed by atoms with Crippen molar-refractivity contribution in [1.82, 2.24) is 0 Å². The third-order valence-electron chi connectivity index (χ3n) is 4.76. The number of ketones is 1. The van der Waals surface area contributed by atoms with Crippen LogP contribution in [0.5, 0.6) is 0 Å². The molecule has 3 nitrogen and oxygen atoms in total. The summed E-state index contributed by atoms with van der Waals surface area (Å²) in [6.07, 6.45) is 8.10. The van der Waals surface area contributed by atoms with Crippen molar-refractivity contribution in [1.29, 1.82) is 0 Å². The van der Waals surface area contributed by atoms with Gasteiger partial charge in [0.05, 0.1) is 13.2 Å². The summed E-state index contributed by atoms with van der Waals surface area (Å²) in [7, 11) is 0. The van der Waals surface area contributed by atoms with Crippen LogP contribution in [-0.4, -0.2) is 25.3 Å². The van der Waals surface area contributed by atoms with Crippen molar-refractivity contribution in [3.05, 3.63) is 35.4 Å². The Balaban J connectivity index is 1.63. The molecule has 1 saturated heterocycles. The maximum absolute atomic E-state index is 12.3. The van der Waals surface area contributed by atoms with E-state index in [1.165, 1.54) is 24.8 Å². The first-order valence-corrected chi connectivity index (χ1v) is 9.85. The molecule has 25 heavy (non-hydrogen) atoms. The van der Waals surface area contributed by atoms with Gasteiger partial charge in [-0.25, -0.2) is 0 Å². The van der Waals surface area contributed by atoms with Crippen LogP contribution >= 0.6 is 0 Å². The normalized spacial score (nSPS) is 17.6. The number of benzene rings is 1. The number of hydrogen-bond donors (Lipinski definition) is 0. The lowest BCUT2D eigenvalue weighted by Gasteiger charge is -2.34. The van der Waals surface area contributed by atoms with Gasteiger partial charge in [-0.05, 0) is 37.7 Å². The van der Waals surface area contributed by atoms with Crippen LogP contribution in [0.3, 0.4) is 0 Å². The summed E-state index contributed by atoms with van der Waals surface area (Å²) in [5.74, 6) is 0.242. The van der Waals surface area contributed by atoms with Gasteiger partial charge in [0.1, 0.15) is 0 Å². The van der Waals surface area contributed by atoms with Crippen molar-refractivity contribution in [2.24, 2.45) is 5.41 Å². The van der Waals surface area contributed by atoms with Gasteiger partial charge < -0.3 is 9.47 Å². The van der Waals surface area contributed by atoms with E-state index in [1.54, 1.807) is 0 Å². The van der Waals surface area contributed by atoms with Crippen molar-refractivity contribution in [3.8, 4) is 0 Å². The highest BCUT2D eigenvalue weighted by molar-refractivity contribution is 5.96. The topological polar surface area (TPSA) is 35.5 Å². The molecular formula is C22H34O3. The minimum atomic E-state index is -0.0921. The fourth-order valence-corrected chi connectivity index (χ4v) is 3.07. The molecule has 0 saturated carbocycles. The molecule has 1 aliphatic rings. The summed E-state index contributed by atoms with van der Waals surface area (Å²) >= 11 is 0. The van der Waals surface area contributed by atoms with E-state index in [1.807, 2.05) is 12.1 Å². The summed E-state index contributed by atoms with van der Waals surface area (Å²) in [4.78, 5) is 12.3. The monoisotopic (exact) mass is 346 g/mol. The second kappa shape index (κ2) is 10.1. The molecule has 1 aliphatic heterocycles. The number of carbonyl (C=O) groups is 1. The van der Waals surface area contributed by atoms with Crippen LogP contribution < -0.4 is 0 Å². The fourth-order valence-electron chi connectivity index (χ4n) is 3.07. The Kier molecular flexibility index (Phi) is 8.11. The van der Waals surface area contributed by atoms with E-state index in [0.717, 1.165) is 44.5 Å². The summed E-state index contributed by atoms with van der Waals surface area (Å²) < 4.78 is 11.5. The van der Waals surface area contributed by atoms with Gasteiger partial charge in [0.2, 0.25) is 0 Å². The zero-order valence-electron chi connectivity index (χ0n) is 16.2. The molecule has 0 bridgehead atoms. The molecule has 1 aromatic carbocycles. The van der Waals surface area contributed by atoms with E-state index in [9.17, 15) is 4.79 Å². The zero-order valence-corrected chi connectivity index (χ0v) is 16.2.